The molecule has 0 N–H and O–H groups in total. The molecule has 3 heteroatoms. The molecule has 0 aromatic rings. The molecule has 4 aliphatic rings. The van der Waals surface area contributed by atoms with Crippen LogP contribution < -0.4 is 0 Å². The lowest BCUT2D eigenvalue weighted by atomic mass is 9.49. The van der Waals surface area contributed by atoms with Gasteiger partial charge in [-0.1, -0.05) is 19.1 Å². The van der Waals surface area contributed by atoms with Crippen LogP contribution in [0.2, 0.25) is 0 Å². The third-order valence-electron chi connectivity index (χ3n) is 7.45. The molecule has 0 heterocycles. The maximum absolute atomic E-state index is 12.8. The van der Waals surface area contributed by atoms with Gasteiger partial charge in [0, 0.05) is 17.8 Å². The van der Waals surface area contributed by atoms with Crippen molar-refractivity contribution in [3.05, 3.63) is 12.2 Å². The highest BCUT2D eigenvalue weighted by Gasteiger charge is 2.64. The predicted octanol–water partition coefficient (Wildman–Crippen LogP) is 4.16. The van der Waals surface area contributed by atoms with Crippen LogP contribution >= 0.6 is 0 Å². The molecule has 3 fully saturated rings. The van der Waals surface area contributed by atoms with Crippen molar-refractivity contribution in [3.63, 3.8) is 0 Å². The Kier molecular flexibility index (Phi) is 3.54. The van der Waals surface area contributed by atoms with Gasteiger partial charge in [-0.3, -0.25) is 9.59 Å². The van der Waals surface area contributed by atoms with Gasteiger partial charge in [0.1, 0.15) is 11.9 Å². The minimum absolute atomic E-state index is 0.0312. The summed E-state index contributed by atoms with van der Waals surface area (Å²) in [7, 11) is 0. The second-order valence-corrected chi connectivity index (χ2v) is 9.81. The zero-order chi connectivity index (χ0) is 17.3. The first-order valence-corrected chi connectivity index (χ1v) is 9.65. The SMILES string of the molecule is CC(C)(C)C(=O)O[C@H]1CCC[C@H]2CC(=O)[C@H]3[C@H]([C@H]4C=C[C@@H]3C4)[C@@]21C. The Balaban J connectivity index is 1.69. The molecule has 132 valence electrons. The topological polar surface area (TPSA) is 43.4 Å². The Bertz CT molecular complexity index is 599. The van der Waals surface area contributed by atoms with E-state index in [1.165, 1.54) is 0 Å². The van der Waals surface area contributed by atoms with Crippen molar-refractivity contribution in [2.75, 3.05) is 0 Å². The molecule has 0 spiro atoms. The number of Topliss-reactive ketones (excluding diaryl/α,β-unsaturated/α-hetero) is 1. The molecule has 24 heavy (non-hydrogen) atoms. The highest BCUT2D eigenvalue weighted by atomic mass is 16.5. The van der Waals surface area contributed by atoms with E-state index in [4.69, 9.17) is 4.74 Å². The van der Waals surface area contributed by atoms with Crippen molar-refractivity contribution in [3.8, 4) is 0 Å². The molecule has 0 amide bonds. The Morgan fingerprint density at radius 2 is 1.92 bits per heavy atom. The van der Waals surface area contributed by atoms with Crippen molar-refractivity contribution in [2.24, 2.45) is 40.4 Å². The first-order chi connectivity index (χ1) is 11.2. The third-order valence-corrected chi connectivity index (χ3v) is 7.45. The molecule has 0 saturated heterocycles. The molecule has 0 aromatic carbocycles. The number of carbonyl (C=O) groups is 2. The molecular weight excluding hydrogens is 300 g/mol. The van der Waals surface area contributed by atoms with Crippen LogP contribution in [0.4, 0.5) is 0 Å². The van der Waals surface area contributed by atoms with E-state index in [2.05, 4.69) is 19.1 Å². The van der Waals surface area contributed by atoms with Crippen molar-refractivity contribution >= 4 is 11.8 Å². The van der Waals surface area contributed by atoms with Gasteiger partial charge in [0.25, 0.3) is 0 Å². The lowest BCUT2D eigenvalue weighted by Crippen LogP contribution is -2.58. The number of hydrogen-bond acceptors (Lipinski definition) is 3. The number of carbonyl (C=O) groups excluding carboxylic acids is 2. The normalized spacial score (nSPS) is 46.6. The molecule has 4 aliphatic carbocycles. The van der Waals surface area contributed by atoms with E-state index >= 15 is 0 Å². The number of esters is 1. The first-order valence-electron chi connectivity index (χ1n) is 9.65. The summed E-state index contributed by atoms with van der Waals surface area (Å²) in [4.78, 5) is 25.4. The van der Waals surface area contributed by atoms with Crippen LogP contribution in [-0.4, -0.2) is 17.9 Å². The van der Waals surface area contributed by atoms with Gasteiger partial charge < -0.3 is 4.74 Å². The standard InChI is InChI=1S/C21H30O3/c1-20(2,3)19(23)24-16-7-5-6-14-11-15(22)17-12-8-9-13(10-12)18(17)21(14,16)4/h8-9,12-14,16-18H,5-7,10-11H2,1-4H3/t12-,13+,14+,16+,17+,18+,21+/m1/s1. The van der Waals surface area contributed by atoms with Crippen LogP contribution in [0.1, 0.15) is 59.8 Å². The molecule has 4 rings (SSSR count). The minimum Gasteiger partial charge on any atom is -0.461 e. The van der Waals surface area contributed by atoms with Crippen molar-refractivity contribution in [1.29, 1.82) is 0 Å². The average molecular weight is 330 g/mol. The summed E-state index contributed by atoms with van der Waals surface area (Å²) in [6.45, 7) is 8.10. The van der Waals surface area contributed by atoms with Crippen LogP contribution in [0.3, 0.4) is 0 Å². The molecule has 0 aromatic heterocycles. The lowest BCUT2D eigenvalue weighted by Gasteiger charge is -2.56. The number of ether oxygens (including phenoxy) is 1. The smallest absolute Gasteiger partial charge is 0.311 e. The summed E-state index contributed by atoms with van der Waals surface area (Å²) < 4.78 is 6.11. The summed E-state index contributed by atoms with van der Waals surface area (Å²) >= 11 is 0. The average Bonchev–Trinajstić information content (AvgIpc) is 3.10. The number of rotatable bonds is 1. The van der Waals surface area contributed by atoms with Crippen LogP contribution in [0, 0.1) is 40.4 Å². The maximum Gasteiger partial charge on any atom is 0.311 e. The fourth-order valence-corrected chi connectivity index (χ4v) is 6.22. The molecule has 0 aliphatic heterocycles. The molecule has 7 atom stereocenters. The van der Waals surface area contributed by atoms with Crippen molar-refractivity contribution < 1.29 is 14.3 Å². The Morgan fingerprint density at radius 1 is 1.21 bits per heavy atom. The highest BCUT2D eigenvalue weighted by Crippen LogP contribution is 2.65. The van der Waals surface area contributed by atoms with Gasteiger partial charge in [-0.25, -0.2) is 0 Å². The van der Waals surface area contributed by atoms with Crippen LogP contribution in [0.25, 0.3) is 0 Å². The van der Waals surface area contributed by atoms with E-state index in [1.807, 2.05) is 20.8 Å². The van der Waals surface area contributed by atoms with Gasteiger partial charge in [-0.15, -0.1) is 0 Å². The van der Waals surface area contributed by atoms with Gasteiger partial charge in [-0.2, -0.15) is 0 Å². The van der Waals surface area contributed by atoms with E-state index in [9.17, 15) is 9.59 Å². The second kappa shape index (κ2) is 5.19. The quantitative estimate of drug-likeness (QED) is 0.535. The van der Waals surface area contributed by atoms with E-state index in [0.717, 1.165) is 25.7 Å². The van der Waals surface area contributed by atoms with E-state index in [0.29, 0.717) is 35.9 Å². The molecule has 3 nitrogen and oxygen atoms in total. The monoisotopic (exact) mass is 330 g/mol. The summed E-state index contributed by atoms with van der Waals surface area (Å²) in [6.07, 6.45) is 9.52. The summed E-state index contributed by atoms with van der Waals surface area (Å²) in [5.41, 5.74) is -0.510. The molecular formula is C21H30O3. The lowest BCUT2D eigenvalue weighted by molar-refractivity contribution is -0.187. The van der Waals surface area contributed by atoms with E-state index in [1.54, 1.807) is 0 Å². The maximum atomic E-state index is 12.8. The largest absolute Gasteiger partial charge is 0.461 e. The van der Waals surface area contributed by atoms with Crippen LogP contribution in [0.15, 0.2) is 12.2 Å². The van der Waals surface area contributed by atoms with Crippen LogP contribution in [-0.2, 0) is 14.3 Å². The number of fused-ring (bicyclic) bond motifs is 7. The van der Waals surface area contributed by atoms with Gasteiger partial charge in [-0.05, 0) is 70.1 Å². The highest BCUT2D eigenvalue weighted by molar-refractivity contribution is 5.84. The Morgan fingerprint density at radius 3 is 2.62 bits per heavy atom. The molecule has 2 bridgehead atoms. The Hall–Kier alpha value is -1.12. The zero-order valence-corrected chi connectivity index (χ0v) is 15.4. The molecule has 3 saturated carbocycles. The van der Waals surface area contributed by atoms with E-state index < -0.39 is 5.41 Å². The van der Waals surface area contributed by atoms with Crippen molar-refractivity contribution in [2.45, 2.75) is 65.9 Å². The van der Waals surface area contributed by atoms with E-state index in [-0.39, 0.29) is 23.4 Å². The summed E-state index contributed by atoms with van der Waals surface area (Å²) in [5.74, 6) is 2.25. The van der Waals surface area contributed by atoms with Gasteiger partial charge in [0.05, 0.1) is 5.41 Å². The minimum atomic E-state index is -0.470. The first kappa shape index (κ1) is 16.4. The molecule has 0 radical (unpaired) electrons. The Labute approximate surface area is 145 Å². The van der Waals surface area contributed by atoms with Gasteiger partial charge >= 0.3 is 5.97 Å². The number of hydrogen-bond donors (Lipinski definition) is 0. The second-order valence-electron chi connectivity index (χ2n) is 9.81. The van der Waals surface area contributed by atoms with Crippen molar-refractivity contribution in [1.82, 2.24) is 0 Å². The fraction of sp³-hybridized carbons (Fsp3) is 0.810. The third kappa shape index (κ3) is 2.16. The van der Waals surface area contributed by atoms with Gasteiger partial charge in [0.2, 0.25) is 0 Å². The predicted molar refractivity (Wildman–Crippen MR) is 92.1 cm³/mol. The number of ketones is 1. The number of allylic oxidation sites excluding steroid dienone is 2. The fourth-order valence-electron chi connectivity index (χ4n) is 6.22. The van der Waals surface area contributed by atoms with Crippen LogP contribution in [0.5, 0.6) is 0 Å². The summed E-state index contributed by atoms with van der Waals surface area (Å²) in [5, 5.41) is 0. The summed E-state index contributed by atoms with van der Waals surface area (Å²) in [6, 6.07) is 0. The van der Waals surface area contributed by atoms with Gasteiger partial charge in [0.15, 0.2) is 0 Å². The zero-order valence-electron chi connectivity index (χ0n) is 15.4. The molecule has 0 unspecified atom stereocenters.